The normalized spacial score (nSPS) is 16.9. The Kier molecular flexibility index (Phi) is 7.72. The monoisotopic (exact) mass is 393 g/mol. The highest BCUT2D eigenvalue weighted by Crippen LogP contribution is 2.11. The standard InChI is InChI=1S/C17H23N5O6/c23-9-12(5-15(26)27)21-14(25)8-18-16(28)10-2-1-3-11(4-10)22-17-19-6-13(24)7-20-17/h1-4,12-13,23-24H,5-9H2,(H,18,28)(H,21,25)(H,26,27)(H2,19,20,22)/t12-/m0/s1. The molecule has 0 fully saturated rings. The van der Waals surface area contributed by atoms with Crippen molar-refractivity contribution >= 4 is 29.4 Å². The van der Waals surface area contributed by atoms with Crippen LogP contribution in [0, 0.1) is 0 Å². The average molecular weight is 393 g/mol. The van der Waals surface area contributed by atoms with E-state index in [4.69, 9.17) is 10.2 Å². The second kappa shape index (κ2) is 10.2. The minimum atomic E-state index is -1.15. The summed E-state index contributed by atoms with van der Waals surface area (Å²) in [5, 5.41) is 37.8. The van der Waals surface area contributed by atoms with Gasteiger partial charge < -0.3 is 36.6 Å². The highest BCUT2D eigenvalue weighted by Gasteiger charge is 2.16. The predicted molar refractivity (Wildman–Crippen MR) is 100.0 cm³/mol. The maximum atomic E-state index is 12.2. The Balaban J connectivity index is 1.87. The van der Waals surface area contributed by atoms with Crippen molar-refractivity contribution in [3.05, 3.63) is 29.8 Å². The summed E-state index contributed by atoms with van der Waals surface area (Å²) in [4.78, 5) is 38.8. The number of hydrogen-bond acceptors (Lipinski definition) is 8. The van der Waals surface area contributed by atoms with Crippen molar-refractivity contribution in [2.45, 2.75) is 18.6 Å². The molecule has 1 aliphatic heterocycles. The van der Waals surface area contributed by atoms with Crippen molar-refractivity contribution in [1.82, 2.24) is 16.0 Å². The number of β-amino-alcohol motifs (C(OH)–C–C–N with tert-alkyl or cyclic N) is 1. The van der Waals surface area contributed by atoms with Crippen molar-refractivity contribution in [1.29, 1.82) is 0 Å². The van der Waals surface area contributed by atoms with Crippen molar-refractivity contribution in [3.8, 4) is 0 Å². The van der Waals surface area contributed by atoms with E-state index < -0.39 is 43.0 Å². The number of anilines is 1. The molecule has 0 saturated carbocycles. The van der Waals surface area contributed by atoms with Crippen LogP contribution in [0.2, 0.25) is 0 Å². The fourth-order valence-electron chi connectivity index (χ4n) is 2.40. The lowest BCUT2D eigenvalue weighted by Gasteiger charge is -2.20. The number of hydrogen-bond donors (Lipinski definition) is 7. The first-order chi connectivity index (χ1) is 13.4. The van der Waals surface area contributed by atoms with E-state index in [-0.39, 0.29) is 13.1 Å². The quantitative estimate of drug-likeness (QED) is 0.268. The summed E-state index contributed by atoms with van der Waals surface area (Å²) >= 11 is 0. The van der Waals surface area contributed by atoms with E-state index in [1.54, 1.807) is 24.3 Å². The van der Waals surface area contributed by atoms with E-state index in [1.807, 2.05) is 0 Å². The fraction of sp³-hybridized carbons (Fsp3) is 0.412. The van der Waals surface area contributed by atoms with Crippen LogP contribution >= 0.6 is 0 Å². The predicted octanol–water partition coefficient (Wildman–Crippen LogP) is -1.90. The first-order valence-corrected chi connectivity index (χ1v) is 8.61. The van der Waals surface area contributed by atoms with Crippen LogP contribution in [0.25, 0.3) is 0 Å². The van der Waals surface area contributed by atoms with E-state index >= 15 is 0 Å². The summed E-state index contributed by atoms with van der Waals surface area (Å²) in [5.41, 5.74) is 0.903. The largest absolute Gasteiger partial charge is 0.481 e. The molecule has 1 aliphatic rings. The lowest BCUT2D eigenvalue weighted by atomic mass is 10.2. The van der Waals surface area contributed by atoms with Crippen LogP contribution in [0.3, 0.4) is 0 Å². The SMILES string of the molecule is O=C(O)C[C@@H](CO)NC(=O)CNC(=O)c1cccc(NC2=NCC(O)CN2)c1. The molecule has 0 spiro atoms. The third kappa shape index (κ3) is 6.85. The van der Waals surface area contributed by atoms with Crippen molar-refractivity contribution in [3.63, 3.8) is 0 Å². The van der Waals surface area contributed by atoms with Crippen molar-refractivity contribution < 1.29 is 29.7 Å². The Morgan fingerprint density at radius 1 is 1.32 bits per heavy atom. The molecule has 1 heterocycles. The van der Waals surface area contributed by atoms with Crippen LogP contribution in [-0.2, 0) is 9.59 Å². The Hall–Kier alpha value is -3.18. The zero-order chi connectivity index (χ0) is 20.5. The number of rotatable bonds is 8. The van der Waals surface area contributed by atoms with Gasteiger partial charge >= 0.3 is 5.97 Å². The van der Waals surface area contributed by atoms with Crippen molar-refractivity contribution in [2.24, 2.45) is 4.99 Å². The maximum Gasteiger partial charge on any atom is 0.305 e. The zero-order valence-corrected chi connectivity index (χ0v) is 15.0. The molecule has 1 aromatic rings. The van der Waals surface area contributed by atoms with Crippen LogP contribution in [0.1, 0.15) is 16.8 Å². The summed E-state index contributed by atoms with van der Waals surface area (Å²) < 4.78 is 0. The molecule has 0 radical (unpaired) electrons. The number of amides is 2. The Morgan fingerprint density at radius 2 is 2.11 bits per heavy atom. The summed E-state index contributed by atoms with van der Waals surface area (Å²) in [6.45, 7) is -0.230. The molecule has 1 aromatic carbocycles. The average Bonchev–Trinajstić information content (AvgIpc) is 2.67. The molecule has 0 aliphatic carbocycles. The molecule has 2 rings (SSSR count). The molecule has 7 N–H and O–H groups in total. The fourth-order valence-corrected chi connectivity index (χ4v) is 2.40. The van der Waals surface area contributed by atoms with E-state index in [1.165, 1.54) is 0 Å². The molecule has 2 amide bonds. The number of carboxylic acids is 1. The molecule has 1 unspecified atom stereocenters. The number of carbonyl (C=O) groups is 3. The van der Waals surface area contributed by atoms with Crippen LogP contribution < -0.4 is 21.3 Å². The smallest absolute Gasteiger partial charge is 0.305 e. The minimum absolute atomic E-state index is 0.279. The molecular formula is C17H23N5O6. The van der Waals surface area contributed by atoms with Crippen LogP contribution in [0.4, 0.5) is 5.69 Å². The first-order valence-electron chi connectivity index (χ1n) is 8.61. The molecule has 0 bridgehead atoms. The third-order valence-corrected chi connectivity index (χ3v) is 3.77. The Bertz CT molecular complexity index is 753. The second-order valence-electron chi connectivity index (χ2n) is 6.16. The molecule has 152 valence electrons. The summed E-state index contributed by atoms with van der Waals surface area (Å²) in [6.07, 6.45) is -0.950. The maximum absolute atomic E-state index is 12.2. The van der Waals surface area contributed by atoms with Crippen LogP contribution in [0.15, 0.2) is 29.3 Å². The van der Waals surface area contributed by atoms with Gasteiger partial charge in [-0.1, -0.05) is 6.07 Å². The van der Waals surface area contributed by atoms with Gasteiger partial charge in [-0.15, -0.1) is 0 Å². The molecule has 0 saturated heterocycles. The number of nitrogens with zero attached hydrogens (tertiary/aromatic N) is 1. The third-order valence-electron chi connectivity index (χ3n) is 3.77. The van der Waals surface area contributed by atoms with Gasteiger partial charge in [-0.05, 0) is 18.2 Å². The number of aliphatic carboxylic acids is 1. The molecule has 0 aromatic heterocycles. The lowest BCUT2D eigenvalue weighted by Crippen LogP contribution is -2.44. The lowest BCUT2D eigenvalue weighted by molar-refractivity contribution is -0.138. The van der Waals surface area contributed by atoms with Gasteiger partial charge in [-0.2, -0.15) is 0 Å². The van der Waals surface area contributed by atoms with E-state index in [2.05, 4.69) is 26.3 Å². The molecule has 11 nitrogen and oxygen atoms in total. The van der Waals surface area contributed by atoms with Gasteiger partial charge in [-0.25, -0.2) is 0 Å². The van der Waals surface area contributed by atoms with Gasteiger partial charge in [0.05, 0.1) is 38.3 Å². The Labute approximate surface area is 160 Å². The number of benzene rings is 1. The number of nitrogens with one attached hydrogen (secondary N) is 4. The van der Waals surface area contributed by atoms with E-state index in [9.17, 15) is 19.5 Å². The summed E-state index contributed by atoms with van der Waals surface area (Å²) in [7, 11) is 0. The number of aliphatic imine (C=N–C) groups is 1. The van der Waals surface area contributed by atoms with E-state index in [0.717, 1.165) is 0 Å². The Morgan fingerprint density at radius 3 is 2.75 bits per heavy atom. The highest BCUT2D eigenvalue weighted by atomic mass is 16.4. The highest BCUT2D eigenvalue weighted by molar-refractivity contribution is 5.99. The van der Waals surface area contributed by atoms with Crippen LogP contribution in [-0.4, -0.2) is 77.4 Å². The van der Waals surface area contributed by atoms with Crippen molar-refractivity contribution in [2.75, 3.05) is 31.6 Å². The number of carboxylic acid groups (broad SMARTS) is 1. The molecule has 2 atom stereocenters. The number of aliphatic hydroxyl groups is 2. The topological polar surface area (TPSA) is 172 Å². The summed E-state index contributed by atoms with van der Waals surface area (Å²) in [5.74, 6) is -1.77. The molecule has 11 heteroatoms. The number of carbonyl (C=O) groups excluding carboxylic acids is 2. The van der Waals surface area contributed by atoms with Gasteiger partial charge in [0.25, 0.3) is 5.91 Å². The van der Waals surface area contributed by atoms with Gasteiger partial charge in [0.1, 0.15) is 0 Å². The second-order valence-corrected chi connectivity index (χ2v) is 6.16. The molecular weight excluding hydrogens is 370 g/mol. The number of guanidine groups is 1. The van der Waals surface area contributed by atoms with Gasteiger partial charge in [0.15, 0.2) is 5.96 Å². The molecule has 28 heavy (non-hydrogen) atoms. The summed E-state index contributed by atoms with van der Waals surface area (Å²) in [6, 6.07) is 5.61. The van der Waals surface area contributed by atoms with Crippen LogP contribution in [0.5, 0.6) is 0 Å². The number of aliphatic hydroxyl groups excluding tert-OH is 2. The van der Waals surface area contributed by atoms with Gasteiger partial charge in [0.2, 0.25) is 5.91 Å². The minimum Gasteiger partial charge on any atom is -0.481 e. The van der Waals surface area contributed by atoms with Gasteiger partial charge in [-0.3, -0.25) is 19.4 Å². The van der Waals surface area contributed by atoms with E-state index in [0.29, 0.717) is 23.8 Å². The van der Waals surface area contributed by atoms with Gasteiger partial charge in [0, 0.05) is 17.8 Å². The zero-order valence-electron chi connectivity index (χ0n) is 15.0. The first kappa shape index (κ1) is 21.1.